The average molecular weight is 285 g/mol. The zero-order chi connectivity index (χ0) is 13.1. The number of hydrogen-bond donors (Lipinski definition) is 1. The summed E-state index contributed by atoms with van der Waals surface area (Å²) < 4.78 is 0. The lowest BCUT2D eigenvalue weighted by atomic mass is 10.1. The highest BCUT2D eigenvalue weighted by Gasteiger charge is 2.13. The number of thiophene rings is 1. The van der Waals surface area contributed by atoms with Crippen molar-refractivity contribution in [2.24, 2.45) is 0 Å². The maximum absolute atomic E-state index is 12.0. The SMILES string of the molecule is CCCCCc1sc2nc(CCl)[nH]c(=O)c2c1C. The number of halogens is 1. The van der Waals surface area contributed by atoms with Gasteiger partial charge in [0.05, 0.1) is 11.3 Å². The molecule has 0 bridgehead atoms. The van der Waals surface area contributed by atoms with Gasteiger partial charge in [0.15, 0.2) is 0 Å². The molecule has 3 nitrogen and oxygen atoms in total. The van der Waals surface area contributed by atoms with Gasteiger partial charge in [0.1, 0.15) is 10.7 Å². The van der Waals surface area contributed by atoms with Crippen LogP contribution < -0.4 is 5.56 Å². The molecular formula is C13H17ClN2OS. The molecule has 0 amide bonds. The highest BCUT2D eigenvalue weighted by atomic mass is 35.5. The Labute approximate surface area is 115 Å². The van der Waals surface area contributed by atoms with Crippen molar-refractivity contribution in [2.75, 3.05) is 0 Å². The van der Waals surface area contributed by atoms with Crippen LogP contribution in [-0.4, -0.2) is 9.97 Å². The maximum atomic E-state index is 12.0. The van der Waals surface area contributed by atoms with Crippen LogP contribution in [0.1, 0.15) is 42.5 Å². The molecule has 0 aromatic carbocycles. The van der Waals surface area contributed by atoms with Crippen molar-refractivity contribution in [3.63, 3.8) is 0 Å². The molecule has 0 aliphatic carbocycles. The molecule has 2 rings (SSSR count). The summed E-state index contributed by atoms with van der Waals surface area (Å²) in [7, 11) is 0. The van der Waals surface area contributed by atoms with Crippen molar-refractivity contribution < 1.29 is 0 Å². The number of nitrogens with zero attached hydrogens (tertiary/aromatic N) is 1. The molecule has 0 radical (unpaired) electrons. The van der Waals surface area contributed by atoms with E-state index in [4.69, 9.17) is 11.6 Å². The van der Waals surface area contributed by atoms with Crippen LogP contribution in [0.3, 0.4) is 0 Å². The summed E-state index contributed by atoms with van der Waals surface area (Å²) in [6, 6.07) is 0. The van der Waals surface area contributed by atoms with Gasteiger partial charge < -0.3 is 4.98 Å². The molecule has 2 aromatic heterocycles. The first-order valence-corrected chi connectivity index (χ1v) is 7.59. The van der Waals surface area contributed by atoms with Gasteiger partial charge in [-0.2, -0.15) is 0 Å². The van der Waals surface area contributed by atoms with Gasteiger partial charge in [0.2, 0.25) is 0 Å². The monoisotopic (exact) mass is 284 g/mol. The number of hydrogen-bond acceptors (Lipinski definition) is 3. The van der Waals surface area contributed by atoms with Crippen molar-refractivity contribution in [3.05, 3.63) is 26.6 Å². The van der Waals surface area contributed by atoms with E-state index in [1.807, 2.05) is 6.92 Å². The minimum absolute atomic E-state index is 0.0638. The molecule has 0 unspecified atom stereocenters. The topological polar surface area (TPSA) is 45.8 Å². The minimum atomic E-state index is -0.0638. The normalized spacial score (nSPS) is 11.3. The van der Waals surface area contributed by atoms with Crippen LogP contribution in [0, 0.1) is 6.92 Å². The number of aromatic amines is 1. The lowest BCUT2D eigenvalue weighted by Crippen LogP contribution is -2.10. The number of aryl methyl sites for hydroxylation is 2. The van der Waals surface area contributed by atoms with Gasteiger partial charge in [-0.3, -0.25) is 4.79 Å². The highest BCUT2D eigenvalue weighted by Crippen LogP contribution is 2.28. The van der Waals surface area contributed by atoms with Gasteiger partial charge >= 0.3 is 0 Å². The summed E-state index contributed by atoms with van der Waals surface area (Å²) in [5, 5.41) is 0.736. The molecule has 0 aliphatic heterocycles. The van der Waals surface area contributed by atoms with E-state index in [2.05, 4.69) is 16.9 Å². The summed E-state index contributed by atoms with van der Waals surface area (Å²) in [5.74, 6) is 0.795. The van der Waals surface area contributed by atoms with Gasteiger partial charge in [0.25, 0.3) is 5.56 Å². The van der Waals surface area contributed by atoms with Crippen LogP contribution in [0.4, 0.5) is 0 Å². The number of alkyl halides is 1. The summed E-state index contributed by atoms with van der Waals surface area (Å²) in [6.07, 6.45) is 4.64. The Morgan fingerprint density at radius 3 is 2.83 bits per heavy atom. The Bertz CT molecular complexity index is 603. The molecule has 18 heavy (non-hydrogen) atoms. The Morgan fingerprint density at radius 1 is 1.39 bits per heavy atom. The van der Waals surface area contributed by atoms with E-state index in [0.717, 1.165) is 22.2 Å². The van der Waals surface area contributed by atoms with Gasteiger partial charge in [0, 0.05) is 4.88 Å². The van der Waals surface area contributed by atoms with Crippen molar-refractivity contribution in [2.45, 2.75) is 45.4 Å². The Morgan fingerprint density at radius 2 is 2.17 bits per heavy atom. The number of aromatic nitrogens is 2. The highest BCUT2D eigenvalue weighted by molar-refractivity contribution is 7.18. The van der Waals surface area contributed by atoms with Crippen molar-refractivity contribution in [1.82, 2.24) is 9.97 Å². The fraction of sp³-hybridized carbons (Fsp3) is 0.538. The largest absolute Gasteiger partial charge is 0.309 e. The Hall–Kier alpha value is -0.870. The molecular weight excluding hydrogens is 268 g/mol. The number of H-pyrrole nitrogens is 1. The lowest BCUT2D eigenvalue weighted by molar-refractivity contribution is 0.721. The predicted molar refractivity (Wildman–Crippen MR) is 77.8 cm³/mol. The molecule has 0 atom stereocenters. The molecule has 2 aromatic rings. The summed E-state index contributed by atoms with van der Waals surface area (Å²) in [4.78, 5) is 21.2. The van der Waals surface area contributed by atoms with Crippen LogP contribution in [0.5, 0.6) is 0 Å². The molecule has 2 heterocycles. The van der Waals surface area contributed by atoms with Gasteiger partial charge in [-0.25, -0.2) is 4.98 Å². The van der Waals surface area contributed by atoms with E-state index >= 15 is 0 Å². The van der Waals surface area contributed by atoms with Gasteiger partial charge in [-0.05, 0) is 25.3 Å². The smallest absolute Gasteiger partial charge is 0.259 e. The molecule has 1 N–H and O–H groups in total. The Balaban J connectivity index is 2.42. The van der Waals surface area contributed by atoms with Crippen LogP contribution >= 0.6 is 22.9 Å². The molecule has 0 saturated carbocycles. The van der Waals surface area contributed by atoms with Crippen molar-refractivity contribution in [1.29, 1.82) is 0 Å². The van der Waals surface area contributed by atoms with Crippen LogP contribution in [0.2, 0.25) is 0 Å². The fourth-order valence-corrected chi connectivity index (χ4v) is 3.44. The second-order valence-electron chi connectivity index (χ2n) is 4.43. The summed E-state index contributed by atoms with van der Waals surface area (Å²) >= 11 is 7.35. The minimum Gasteiger partial charge on any atom is -0.309 e. The predicted octanol–water partition coefficient (Wildman–Crippen LogP) is 3.76. The average Bonchev–Trinajstić information content (AvgIpc) is 2.67. The van der Waals surface area contributed by atoms with Crippen molar-refractivity contribution >= 4 is 33.2 Å². The third kappa shape index (κ3) is 2.59. The maximum Gasteiger partial charge on any atom is 0.259 e. The lowest BCUT2D eigenvalue weighted by Gasteiger charge is -1.97. The number of fused-ring (bicyclic) bond motifs is 1. The van der Waals surface area contributed by atoms with Gasteiger partial charge in [-0.15, -0.1) is 22.9 Å². The van der Waals surface area contributed by atoms with Crippen molar-refractivity contribution in [3.8, 4) is 0 Å². The zero-order valence-corrected chi connectivity index (χ0v) is 12.2. The number of unbranched alkanes of at least 4 members (excludes halogenated alkanes) is 2. The van der Waals surface area contributed by atoms with Crippen LogP contribution in [-0.2, 0) is 12.3 Å². The molecule has 5 heteroatoms. The van der Waals surface area contributed by atoms with E-state index in [1.165, 1.54) is 24.1 Å². The zero-order valence-electron chi connectivity index (χ0n) is 10.7. The summed E-state index contributed by atoms with van der Waals surface area (Å²) in [6.45, 7) is 4.20. The molecule has 98 valence electrons. The van der Waals surface area contributed by atoms with E-state index in [9.17, 15) is 4.79 Å². The first-order valence-electron chi connectivity index (χ1n) is 6.24. The van der Waals surface area contributed by atoms with Gasteiger partial charge in [-0.1, -0.05) is 19.8 Å². The standard InChI is InChI=1S/C13H17ClN2OS/c1-3-4-5-6-9-8(2)11-12(17)15-10(7-14)16-13(11)18-9/h3-7H2,1-2H3,(H,15,16,17). The molecule has 0 fully saturated rings. The third-order valence-corrected chi connectivity index (χ3v) is 4.58. The fourth-order valence-electron chi connectivity index (χ4n) is 2.07. The first-order chi connectivity index (χ1) is 8.67. The van der Waals surface area contributed by atoms with E-state index in [0.29, 0.717) is 5.82 Å². The molecule has 0 spiro atoms. The van der Waals surface area contributed by atoms with E-state index < -0.39 is 0 Å². The summed E-state index contributed by atoms with van der Waals surface area (Å²) in [5.41, 5.74) is 1.02. The molecule has 0 aliphatic rings. The molecule has 0 saturated heterocycles. The second-order valence-corrected chi connectivity index (χ2v) is 5.78. The Kier molecular flexibility index (Phi) is 4.40. The first kappa shape index (κ1) is 13.6. The van der Waals surface area contributed by atoms with Crippen LogP contribution in [0.25, 0.3) is 10.2 Å². The second kappa shape index (κ2) is 5.85. The number of nitrogens with one attached hydrogen (secondary N) is 1. The van der Waals surface area contributed by atoms with E-state index in [1.54, 1.807) is 11.3 Å². The quantitative estimate of drug-likeness (QED) is 0.671. The van der Waals surface area contributed by atoms with Crippen LogP contribution in [0.15, 0.2) is 4.79 Å². The van der Waals surface area contributed by atoms with E-state index in [-0.39, 0.29) is 11.4 Å². The number of rotatable bonds is 5. The third-order valence-electron chi connectivity index (χ3n) is 3.08.